The molecule has 0 radical (unpaired) electrons. The molecule has 0 saturated heterocycles. The van der Waals surface area contributed by atoms with Gasteiger partial charge in [0.1, 0.15) is 5.82 Å². The summed E-state index contributed by atoms with van der Waals surface area (Å²) < 4.78 is 13.1. The fraction of sp³-hybridized carbons (Fsp3) is 0.538. The molecule has 0 bridgehead atoms. The van der Waals surface area contributed by atoms with Crippen molar-refractivity contribution in [1.82, 2.24) is 0 Å². The Balaban J connectivity index is 2.47. The van der Waals surface area contributed by atoms with Crippen LogP contribution in [0.3, 0.4) is 0 Å². The third-order valence-corrected chi connectivity index (χ3v) is 2.84. The van der Waals surface area contributed by atoms with Gasteiger partial charge in [0, 0.05) is 0 Å². The van der Waals surface area contributed by atoms with E-state index in [4.69, 9.17) is 0 Å². The molecule has 1 aliphatic carbocycles. The van der Waals surface area contributed by atoms with E-state index >= 15 is 0 Å². The number of halogens is 1. The molecule has 0 amide bonds. The van der Waals surface area contributed by atoms with Crippen LogP contribution in [0.4, 0.5) is 4.39 Å². The van der Waals surface area contributed by atoms with Crippen molar-refractivity contribution in [3.8, 4) is 0 Å². The Bertz CT molecular complexity index is 343. The van der Waals surface area contributed by atoms with Gasteiger partial charge in [0.05, 0.1) is 0 Å². The van der Waals surface area contributed by atoms with Crippen LogP contribution in [0.15, 0.2) is 18.2 Å². The minimum atomic E-state index is -0.0973. The Morgan fingerprint density at radius 1 is 1.21 bits per heavy atom. The fourth-order valence-electron chi connectivity index (χ4n) is 1.95. The molecule has 14 heavy (non-hydrogen) atoms. The van der Waals surface area contributed by atoms with Gasteiger partial charge in [0.25, 0.3) is 0 Å². The number of rotatable bonds is 1. The lowest BCUT2D eigenvalue weighted by atomic mass is 9.82. The highest BCUT2D eigenvalue weighted by Gasteiger charge is 2.29. The highest BCUT2D eigenvalue weighted by Crippen LogP contribution is 2.44. The molecule has 0 heterocycles. The smallest absolute Gasteiger partial charge is 0.123 e. The molecule has 0 nitrogen and oxygen atoms in total. The first-order valence-corrected chi connectivity index (χ1v) is 5.28. The van der Waals surface area contributed by atoms with Crippen molar-refractivity contribution in [2.45, 2.75) is 44.9 Å². The quantitative estimate of drug-likeness (QED) is 0.631. The zero-order valence-electron chi connectivity index (χ0n) is 9.10. The zero-order chi connectivity index (χ0) is 10.3. The molecule has 0 N–H and O–H groups in total. The van der Waals surface area contributed by atoms with E-state index in [9.17, 15) is 4.39 Å². The zero-order valence-corrected chi connectivity index (χ0v) is 9.10. The molecule has 1 heteroatoms. The lowest BCUT2D eigenvalue weighted by Crippen LogP contribution is -2.14. The van der Waals surface area contributed by atoms with Crippen LogP contribution in [0.5, 0.6) is 0 Å². The van der Waals surface area contributed by atoms with E-state index in [-0.39, 0.29) is 11.2 Å². The van der Waals surface area contributed by atoms with E-state index in [0.717, 1.165) is 0 Å². The Labute approximate surface area is 85.1 Å². The molecule has 0 aliphatic heterocycles. The van der Waals surface area contributed by atoms with E-state index in [1.807, 2.05) is 6.07 Å². The van der Waals surface area contributed by atoms with Crippen molar-refractivity contribution in [2.24, 2.45) is 0 Å². The summed E-state index contributed by atoms with van der Waals surface area (Å²) in [7, 11) is 0. The van der Waals surface area contributed by atoms with E-state index < -0.39 is 0 Å². The van der Waals surface area contributed by atoms with Gasteiger partial charge in [0.2, 0.25) is 0 Å². The summed E-state index contributed by atoms with van der Waals surface area (Å²) in [6.45, 7) is 6.56. The van der Waals surface area contributed by atoms with Crippen molar-refractivity contribution < 1.29 is 4.39 Å². The minimum absolute atomic E-state index is 0.0973. The summed E-state index contributed by atoms with van der Waals surface area (Å²) in [6, 6.07) is 5.24. The summed E-state index contributed by atoms with van der Waals surface area (Å²) in [5.41, 5.74) is 2.67. The molecule has 0 unspecified atom stereocenters. The Kier molecular flexibility index (Phi) is 2.13. The number of hydrogen-bond acceptors (Lipinski definition) is 0. The normalized spacial score (nSPS) is 17.1. The first-order chi connectivity index (χ1) is 6.48. The summed E-state index contributed by atoms with van der Waals surface area (Å²) >= 11 is 0. The Morgan fingerprint density at radius 3 is 2.36 bits per heavy atom. The van der Waals surface area contributed by atoms with E-state index in [2.05, 4.69) is 20.8 Å². The summed E-state index contributed by atoms with van der Waals surface area (Å²) in [6.07, 6.45) is 2.46. The van der Waals surface area contributed by atoms with Crippen molar-refractivity contribution in [3.05, 3.63) is 35.1 Å². The number of hydrogen-bond donors (Lipinski definition) is 0. The average Bonchev–Trinajstić information content (AvgIpc) is 2.83. The maximum atomic E-state index is 13.1. The molecule has 1 aromatic carbocycles. The third kappa shape index (κ3) is 1.82. The Morgan fingerprint density at radius 2 is 1.86 bits per heavy atom. The predicted octanol–water partition coefficient (Wildman–Crippen LogP) is 4.00. The molecule has 0 atom stereocenters. The van der Waals surface area contributed by atoms with Crippen LogP contribution in [0.25, 0.3) is 0 Å². The second-order valence-electron chi connectivity index (χ2n) is 5.26. The molecule has 1 aromatic rings. The van der Waals surface area contributed by atoms with E-state index in [1.54, 1.807) is 12.1 Å². The SMILES string of the molecule is CC(C)(C)c1ccc(F)cc1C1CC1. The first-order valence-electron chi connectivity index (χ1n) is 5.28. The van der Waals surface area contributed by atoms with Crippen molar-refractivity contribution in [3.63, 3.8) is 0 Å². The van der Waals surface area contributed by atoms with Gasteiger partial charge in [-0.3, -0.25) is 0 Å². The maximum absolute atomic E-state index is 13.1. The summed E-state index contributed by atoms with van der Waals surface area (Å²) in [5.74, 6) is 0.528. The highest BCUT2D eigenvalue weighted by atomic mass is 19.1. The highest BCUT2D eigenvalue weighted by molar-refractivity contribution is 5.38. The second kappa shape index (κ2) is 3.08. The monoisotopic (exact) mass is 192 g/mol. The fourth-order valence-corrected chi connectivity index (χ4v) is 1.95. The standard InChI is InChI=1S/C13H17F/c1-13(2,3)12-7-6-10(14)8-11(12)9-4-5-9/h6-9H,4-5H2,1-3H3. The van der Waals surface area contributed by atoms with Crippen LogP contribution in [-0.4, -0.2) is 0 Å². The van der Waals surface area contributed by atoms with Crippen LogP contribution in [0.2, 0.25) is 0 Å². The van der Waals surface area contributed by atoms with Crippen LogP contribution in [-0.2, 0) is 5.41 Å². The van der Waals surface area contributed by atoms with Gasteiger partial charge in [-0.2, -0.15) is 0 Å². The largest absolute Gasteiger partial charge is 0.207 e. The molecule has 1 fully saturated rings. The van der Waals surface area contributed by atoms with Crippen LogP contribution in [0.1, 0.15) is 50.7 Å². The van der Waals surface area contributed by atoms with Crippen molar-refractivity contribution in [2.75, 3.05) is 0 Å². The molecule has 0 spiro atoms. The maximum Gasteiger partial charge on any atom is 0.123 e. The van der Waals surface area contributed by atoms with Gasteiger partial charge in [-0.05, 0) is 47.4 Å². The van der Waals surface area contributed by atoms with Crippen LogP contribution in [0, 0.1) is 5.82 Å². The van der Waals surface area contributed by atoms with Gasteiger partial charge in [-0.25, -0.2) is 4.39 Å². The van der Waals surface area contributed by atoms with E-state index in [0.29, 0.717) is 5.92 Å². The van der Waals surface area contributed by atoms with Gasteiger partial charge in [-0.15, -0.1) is 0 Å². The average molecular weight is 192 g/mol. The van der Waals surface area contributed by atoms with Gasteiger partial charge < -0.3 is 0 Å². The predicted molar refractivity (Wildman–Crippen MR) is 57.1 cm³/mol. The summed E-state index contributed by atoms with van der Waals surface area (Å²) in [5, 5.41) is 0. The van der Waals surface area contributed by atoms with Crippen molar-refractivity contribution in [1.29, 1.82) is 0 Å². The molecule has 1 saturated carbocycles. The lowest BCUT2D eigenvalue weighted by Gasteiger charge is -2.23. The van der Waals surface area contributed by atoms with Gasteiger partial charge >= 0.3 is 0 Å². The van der Waals surface area contributed by atoms with Crippen molar-refractivity contribution >= 4 is 0 Å². The topological polar surface area (TPSA) is 0 Å². The van der Waals surface area contributed by atoms with Gasteiger partial charge in [0.15, 0.2) is 0 Å². The molecular weight excluding hydrogens is 175 g/mol. The lowest BCUT2D eigenvalue weighted by molar-refractivity contribution is 0.574. The van der Waals surface area contributed by atoms with Crippen LogP contribution >= 0.6 is 0 Å². The molecule has 0 aromatic heterocycles. The van der Waals surface area contributed by atoms with Crippen LogP contribution < -0.4 is 0 Å². The Hall–Kier alpha value is -0.850. The second-order valence-corrected chi connectivity index (χ2v) is 5.26. The number of benzene rings is 1. The molecule has 1 aliphatic rings. The molecule has 2 rings (SSSR count). The summed E-state index contributed by atoms with van der Waals surface area (Å²) in [4.78, 5) is 0. The minimum Gasteiger partial charge on any atom is -0.207 e. The first kappa shape index (κ1) is 9.70. The molecular formula is C13H17F. The third-order valence-electron chi connectivity index (χ3n) is 2.84. The molecule has 76 valence electrons. The van der Waals surface area contributed by atoms with E-state index in [1.165, 1.54) is 24.0 Å². The van der Waals surface area contributed by atoms with Gasteiger partial charge in [-0.1, -0.05) is 26.8 Å².